The minimum Gasteiger partial charge on any atom is -0.307 e. The van der Waals surface area contributed by atoms with E-state index < -0.39 is 16.1 Å². The van der Waals surface area contributed by atoms with Gasteiger partial charge in [0, 0.05) is 5.69 Å². The van der Waals surface area contributed by atoms with Crippen LogP contribution in [0.3, 0.4) is 0 Å². The van der Waals surface area contributed by atoms with E-state index in [9.17, 15) is 13.2 Å². The number of hydrogen-bond donors (Lipinski definition) is 2. The smallest absolute Gasteiger partial charge is 0.307 e. The first-order valence-electron chi connectivity index (χ1n) is 8.37. The SMILES string of the molecule is Cc1ncc(S(=O)(=O)NC(=O)Nc2c3c(cc4c2CCC4)CCC3)s1. The second kappa shape index (κ2) is 6.10. The number of aromatic nitrogens is 1. The summed E-state index contributed by atoms with van der Waals surface area (Å²) in [6.45, 7) is 1.72. The number of hydrogen-bond acceptors (Lipinski definition) is 5. The van der Waals surface area contributed by atoms with Gasteiger partial charge in [-0.15, -0.1) is 11.3 Å². The highest BCUT2D eigenvalue weighted by atomic mass is 32.2. The van der Waals surface area contributed by atoms with Crippen LogP contribution in [-0.2, 0) is 35.7 Å². The Hall–Kier alpha value is -1.93. The van der Waals surface area contributed by atoms with Gasteiger partial charge >= 0.3 is 6.03 Å². The van der Waals surface area contributed by atoms with Crippen molar-refractivity contribution in [3.05, 3.63) is 39.5 Å². The highest BCUT2D eigenvalue weighted by molar-refractivity contribution is 7.92. The highest BCUT2D eigenvalue weighted by Gasteiger charge is 2.26. The lowest BCUT2D eigenvalue weighted by Crippen LogP contribution is -2.34. The number of nitrogens with one attached hydrogen (secondary N) is 2. The summed E-state index contributed by atoms with van der Waals surface area (Å²) in [7, 11) is -3.89. The molecule has 0 unspecified atom stereocenters. The van der Waals surface area contributed by atoms with Crippen molar-refractivity contribution in [3.8, 4) is 0 Å². The molecule has 2 aromatic rings. The molecule has 1 aromatic heterocycles. The van der Waals surface area contributed by atoms with Crippen molar-refractivity contribution in [1.82, 2.24) is 9.71 Å². The largest absolute Gasteiger partial charge is 0.333 e. The van der Waals surface area contributed by atoms with Gasteiger partial charge in [0.15, 0.2) is 4.21 Å². The third-order valence-electron chi connectivity index (χ3n) is 4.80. The molecule has 6 nitrogen and oxygen atoms in total. The molecule has 0 radical (unpaired) electrons. The Labute approximate surface area is 150 Å². The van der Waals surface area contributed by atoms with Crippen LogP contribution in [0, 0.1) is 6.92 Å². The van der Waals surface area contributed by atoms with Crippen LogP contribution in [0.2, 0.25) is 0 Å². The number of carbonyl (C=O) groups excluding carboxylic acids is 1. The number of anilines is 1. The summed E-state index contributed by atoms with van der Waals surface area (Å²) < 4.78 is 26.8. The average molecular weight is 377 g/mol. The number of sulfonamides is 1. The first-order chi connectivity index (χ1) is 11.9. The molecule has 0 bridgehead atoms. The Balaban J connectivity index is 1.60. The number of nitrogens with zero attached hydrogens (tertiary/aromatic N) is 1. The van der Waals surface area contributed by atoms with E-state index in [1.165, 1.54) is 28.5 Å². The molecular weight excluding hydrogens is 358 g/mol. The van der Waals surface area contributed by atoms with Crippen LogP contribution in [0.5, 0.6) is 0 Å². The number of urea groups is 1. The van der Waals surface area contributed by atoms with Gasteiger partial charge in [-0.05, 0) is 67.7 Å². The predicted molar refractivity (Wildman–Crippen MR) is 96.7 cm³/mol. The van der Waals surface area contributed by atoms with Crippen LogP contribution in [0.25, 0.3) is 0 Å². The lowest BCUT2D eigenvalue weighted by Gasteiger charge is -2.16. The van der Waals surface area contributed by atoms with Gasteiger partial charge in [-0.3, -0.25) is 0 Å². The highest BCUT2D eigenvalue weighted by Crippen LogP contribution is 2.38. The van der Waals surface area contributed by atoms with E-state index >= 15 is 0 Å². The third-order valence-corrected chi connectivity index (χ3v) is 7.51. The van der Waals surface area contributed by atoms with Crippen LogP contribution in [0.1, 0.15) is 40.1 Å². The van der Waals surface area contributed by atoms with Crippen LogP contribution < -0.4 is 10.0 Å². The van der Waals surface area contributed by atoms with Crippen LogP contribution >= 0.6 is 11.3 Å². The maximum atomic E-state index is 12.4. The fraction of sp³-hybridized carbons (Fsp3) is 0.412. The molecule has 2 aliphatic carbocycles. The van der Waals surface area contributed by atoms with Gasteiger partial charge in [0.2, 0.25) is 0 Å². The molecule has 0 atom stereocenters. The molecule has 0 aliphatic heterocycles. The number of aryl methyl sites for hydroxylation is 3. The average Bonchev–Trinajstić information content (AvgIpc) is 3.25. The molecule has 8 heteroatoms. The number of rotatable bonds is 3. The summed E-state index contributed by atoms with van der Waals surface area (Å²) in [5.74, 6) is 0. The molecule has 4 rings (SSSR count). The minimum atomic E-state index is -3.89. The van der Waals surface area contributed by atoms with Crippen molar-refractivity contribution in [2.24, 2.45) is 0 Å². The van der Waals surface area contributed by atoms with Gasteiger partial charge in [0.25, 0.3) is 10.0 Å². The molecule has 2 amide bonds. The number of amides is 2. The van der Waals surface area contributed by atoms with Crippen molar-refractivity contribution >= 4 is 33.1 Å². The standard InChI is InChI=1S/C17H19N3O3S2/c1-10-18-9-15(24-10)25(22,23)20-17(21)19-16-13-6-2-4-11(13)8-12-5-3-7-14(12)16/h8-9H,2-7H2,1H3,(H2,19,20,21). The van der Waals surface area contributed by atoms with Crippen molar-refractivity contribution in [2.75, 3.05) is 5.32 Å². The fourth-order valence-corrected chi connectivity index (χ4v) is 5.76. The van der Waals surface area contributed by atoms with E-state index in [2.05, 4.69) is 21.1 Å². The van der Waals surface area contributed by atoms with Gasteiger partial charge in [0.1, 0.15) is 0 Å². The Bertz CT molecular complexity index is 932. The first-order valence-corrected chi connectivity index (χ1v) is 10.7. The zero-order valence-electron chi connectivity index (χ0n) is 13.9. The van der Waals surface area contributed by atoms with Gasteiger partial charge in [-0.1, -0.05) is 6.07 Å². The second-order valence-electron chi connectivity index (χ2n) is 6.49. The number of carbonyl (C=O) groups is 1. The summed E-state index contributed by atoms with van der Waals surface area (Å²) in [6, 6.07) is 1.56. The van der Waals surface area contributed by atoms with E-state index in [0.29, 0.717) is 5.01 Å². The van der Waals surface area contributed by atoms with Gasteiger partial charge in [-0.2, -0.15) is 0 Å². The molecule has 2 N–H and O–H groups in total. The third kappa shape index (κ3) is 3.04. The summed E-state index contributed by atoms with van der Waals surface area (Å²) in [5.41, 5.74) is 5.74. The maximum Gasteiger partial charge on any atom is 0.333 e. The molecule has 2 aliphatic rings. The Morgan fingerprint density at radius 3 is 2.32 bits per heavy atom. The van der Waals surface area contributed by atoms with Crippen molar-refractivity contribution in [2.45, 2.75) is 49.7 Å². The van der Waals surface area contributed by atoms with Gasteiger partial charge < -0.3 is 5.32 Å². The molecule has 0 saturated carbocycles. The van der Waals surface area contributed by atoms with E-state index in [4.69, 9.17) is 0 Å². The van der Waals surface area contributed by atoms with Gasteiger partial charge in [-0.25, -0.2) is 22.9 Å². The quantitative estimate of drug-likeness (QED) is 0.861. The topological polar surface area (TPSA) is 88.2 Å². The fourth-order valence-electron chi connectivity index (χ4n) is 3.74. The maximum absolute atomic E-state index is 12.4. The lowest BCUT2D eigenvalue weighted by molar-refractivity contribution is 0.256. The molecule has 1 heterocycles. The molecule has 0 fully saturated rings. The summed E-state index contributed by atoms with van der Waals surface area (Å²) in [5, 5.41) is 3.47. The van der Waals surface area contributed by atoms with E-state index in [-0.39, 0.29) is 4.21 Å². The van der Waals surface area contributed by atoms with Crippen molar-refractivity contribution < 1.29 is 13.2 Å². The van der Waals surface area contributed by atoms with E-state index in [0.717, 1.165) is 55.5 Å². The summed E-state index contributed by atoms with van der Waals surface area (Å²) in [4.78, 5) is 16.3. The molecule has 0 spiro atoms. The zero-order chi connectivity index (χ0) is 17.6. The van der Waals surface area contributed by atoms with Crippen LogP contribution in [0.4, 0.5) is 10.5 Å². The van der Waals surface area contributed by atoms with E-state index in [1.807, 2.05) is 0 Å². The Kier molecular flexibility index (Phi) is 4.04. The van der Waals surface area contributed by atoms with Crippen LogP contribution in [-0.4, -0.2) is 19.4 Å². The molecule has 132 valence electrons. The lowest BCUT2D eigenvalue weighted by atomic mass is 9.99. The molecule has 25 heavy (non-hydrogen) atoms. The Morgan fingerprint density at radius 1 is 1.12 bits per heavy atom. The number of fused-ring (bicyclic) bond motifs is 2. The molecule has 1 aromatic carbocycles. The second-order valence-corrected chi connectivity index (χ2v) is 9.64. The number of benzene rings is 1. The van der Waals surface area contributed by atoms with Gasteiger partial charge in [0.05, 0.1) is 11.2 Å². The van der Waals surface area contributed by atoms with Crippen molar-refractivity contribution in [3.63, 3.8) is 0 Å². The zero-order valence-corrected chi connectivity index (χ0v) is 15.5. The first kappa shape index (κ1) is 16.5. The van der Waals surface area contributed by atoms with Crippen LogP contribution in [0.15, 0.2) is 16.5 Å². The number of thiazole rings is 1. The molecular formula is C17H19N3O3S2. The van der Waals surface area contributed by atoms with E-state index in [1.54, 1.807) is 6.92 Å². The monoisotopic (exact) mass is 377 g/mol. The predicted octanol–water partition coefficient (Wildman–Crippen LogP) is 2.94. The van der Waals surface area contributed by atoms with Crippen molar-refractivity contribution in [1.29, 1.82) is 0 Å². The normalized spacial score (nSPS) is 15.7. The minimum absolute atomic E-state index is 0.0451. The summed E-state index contributed by atoms with van der Waals surface area (Å²) >= 11 is 1.04. The Morgan fingerprint density at radius 2 is 1.76 bits per heavy atom. The molecule has 0 saturated heterocycles. The summed E-state index contributed by atoms with van der Waals surface area (Å²) in [6.07, 6.45) is 7.33.